The summed E-state index contributed by atoms with van der Waals surface area (Å²) in [6.07, 6.45) is 3.79. The van der Waals surface area contributed by atoms with Gasteiger partial charge >= 0.3 is 11.9 Å². The van der Waals surface area contributed by atoms with Gasteiger partial charge in [0, 0.05) is 50.5 Å². The number of amides is 2. The first kappa shape index (κ1) is 38.3. The third-order valence-electron chi connectivity index (χ3n) is 9.67. The molecule has 1 aliphatic heterocycles. The zero-order valence-corrected chi connectivity index (χ0v) is 30.9. The van der Waals surface area contributed by atoms with Gasteiger partial charge in [0.2, 0.25) is 12.2 Å². The Hall–Kier alpha value is -6.43. The molecule has 3 atom stereocenters. The minimum Gasteiger partial charge on any atom is -0.425 e. The van der Waals surface area contributed by atoms with E-state index in [0.29, 0.717) is 38.9 Å². The average Bonchev–Trinajstić information content (AvgIpc) is 3.78. The number of nitrogens with zero attached hydrogens (tertiary/aromatic N) is 5. The van der Waals surface area contributed by atoms with Crippen LogP contribution in [-0.4, -0.2) is 73.0 Å². The molecule has 0 bridgehead atoms. The highest BCUT2D eigenvalue weighted by Crippen LogP contribution is 2.37. The number of fused-ring (bicyclic) bond motifs is 2. The van der Waals surface area contributed by atoms with E-state index in [9.17, 15) is 28.8 Å². The van der Waals surface area contributed by atoms with Gasteiger partial charge in [-0.05, 0) is 72.9 Å². The number of aromatic amines is 1. The number of halogens is 2. The van der Waals surface area contributed by atoms with Crippen molar-refractivity contribution in [3.8, 4) is 17.2 Å². The van der Waals surface area contributed by atoms with Crippen LogP contribution in [0.5, 0.6) is 0 Å². The van der Waals surface area contributed by atoms with Gasteiger partial charge in [0.1, 0.15) is 23.6 Å². The Balaban J connectivity index is 1.35. The summed E-state index contributed by atoms with van der Waals surface area (Å²) in [6.45, 7) is 6.13. The molecule has 3 heterocycles. The van der Waals surface area contributed by atoms with Gasteiger partial charge in [0.25, 0.3) is 5.91 Å². The van der Waals surface area contributed by atoms with Crippen LogP contribution in [-0.2, 0) is 43.7 Å². The fraction of sp³-hybridized carbons (Fsp3) is 0.325. The fourth-order valence-corrected chi connectivity index (χ4v) is 7.09. The number of aryl methyl sites for hydroxylation is 1. The summed E-state index contributed by atoms with van der Waals surface area (Å²) in [4.78, 5) is 56.0. The summed E-state index contributed by atoms with van der Waals surface area (Å²) < 4.78 is 42.0. The summed E-state index contributed by atoms with van der Waals surface area (Å²) >= 11 is 0. The Bertz CT molecular complexity index is 2330. The topological polar surface area (TPSA) is 172 Å². The van der Waals surface area contributed by atoms with Crippen LogP contribution >= 0.6 is 0 Å². The molecule has 0 fully saturated rings. The van der Waals surface area contributed by atoms with Gasteiger partial charge in [0.15, 0.2) is 0 Å². The van der Waals surface area contributed by atoms with E-state index in [2.05, 4.69) is 26.7 Å². The third-order valence-corrected chi connectivity index (χ3v) is 9.67. The van der Waals surface area contributed by atoms with Crippen molar-refractivity contribution >= 4 is 34.7 Å². The monoisotopic (exact) mass is 751 g/mol. The number of H-pyrrole nitrogens is 1. The van der Waals surface area contributed by atoms with Crippen molar-refractivity contribution in [2.75, 3.05) is 6.54 Å². The summed E-state index contributed by atoms with van der Waals surface area (Å²) in [5.41, 5.74) is 1.64. The number of aromatic nitrogens is 4. The highest BCUT2D eigenvalue weighted by Gasteiger charge is 2.43. The minimum atomic E-state index is -1.44. The summed E-state index contributed by atoms with van der Waals surface area (Å²) in [6, 6.07) is 12.2. The number of carbonyl (C=O) groups excluding carboxylic acids is 4. The minimum absolute atomic E-state index is 0.0104. The second kappa shape index (κ2) is 15.5. The Kier molecular flexibility index (Phi) is 10.8. The van der Waals surface area contributed by atoms with Crippen LogP contribution in [0.15, 0.2) is 67.1 Å². The van der Waals surface area contributed by atoms with Crippen molar-refractivity contribution in [2.45, 2.75) is 70.7 Å². The van der Waals surface area contributed by atoms with E-state index in [1.165, 1.54) is 42.2 Å². The molecule has 1 aliphatic rings. The van der Waals surface area contributed by atoms with Crippen molar-refractivity contribution in [3.05, 3.63) is 107 Å². The van der Waals surface area contributed by atoms with E-state index in [0.717, 1.165) is 5.39 Å². The molecule has 0 aliphatic carbocycles. The number of benzene rings is 3. The zero-order valence-electron chi connectivity index (χ0n) is 30.9. The first-order valence-corrected chi connectivity index (χ1v) is 17.7. The molecule has 55 heavy (non-hydrogen) atoms. The van der Waals surface area contributed by atoms with Gasteiger partial charge in [0.05, 0.1) is 40.6 Å². The molecule has 284 valence electrons. The first-order chi connectivity index (χ1) is 26.2. The molecule has 13 nitrogen and oxygen atoms in total. The maximum Gasteiger partial charge on any atom is 0.318 e. The van der Waals surface area contributed by atoms with Crippen molar-refractivity contribution in [3.63, 3.8) is 0 Å². The number of nitriles is 1. The van der Waals surface area contributed by atoms with Crippen LogP contribution in [0.25, 0.3) is 22.0 Å². The number of nitrogens with one attached hydrogen (secondary N) is 2. The lowest BCUT2D eigenvalue weighted by molar-refractivity contribution is -0.186. The molecule has 2 aromatic heterocycles. The molecule has 0 radical (unpaired) electrons. The second-order valence-corrected chi connectivity index (χ2v) is 13.9. The molecule has 2 amide bonds. The molecule has 3 unspecified atom stereocenters. The van der Waals surface area contributed by atoms with Crippen molar-refractivity contribution in [2.24, 2.45) is 7.05 Å². The Morgan fingerprint density at radius 2 is 1.82 bits per heavy atom. The highest BCUT2D eigenvalue weighted by atomic mass is 19.1. The van der Waals surface area contributed by atoms with E-state index in [1.54, 1.807) is 69.3 Å². The molecule has 3 aromatic carbocycles. The SMILES string of the molecule is CCC(=O)OC(C)OC(=O)C(c1ccc(F)cc1)C(C)(C)NC(=O)C(Cc1cnn(C)c1)N1CCc2c(-c3cc4cn[nH]c4cc3C#N)ccc(F)c2C1=O. The maximum atomic E-state index is 15.8. The van der Waals surface area contributed by atoms with Gasteiger partial charge in [-0.3, -0.25) is 29.0 Å². The van der Waals surface area contributed by atoms with Gasteiger partial charge in [-0.15, -0.1) is 0 Å². The van der Waals surface area contributed by atoms with E-state index >= 15 is 4.39 Å². The first-order valence-electron chi connectivity index (χ1n) is 17.7. The molecule has 2 N–H and O–H groups in total. The average molecular weight is 752 g/mol. The lowest BCUT2D eigenvalue weighted by atomic mass is 9.81. The number of ether oxygens (including phenoxy) is 2. The standard InChI is InChI=1S/C40H39F2N7O6/c1-6-34(50)54-22(2)55-39(53)36(24-7-9-27(41)10-8-24)40(3,4)46-37(51)33(15-23-19-45-48(5)21-23)49-14-13-29-28(11-12-31(42)35(29)38(49)52)30-16-26-20-44-47-32(26)17-25(30)18-43/h7-12,16-17,19-22,33,36H,6,13-15H2,1-5H3,(H,44,47)(H,46,51). The normalized spacial score (nSPS) is 14.4. The smallest absolute Gasteiger partial charge is 0.318 e. The van der Waals surface area contributed by atoms with Crippen LogP contribution in [0.4, 0.5) is 8.78 Å². The molecule has 15 heteroatoms. The van der Waals surface area contributed by atoms with Gasteiger partial charge in [-0.1, -0.05) is 25.1 Å². The summed E-state index contributed by atoms with van der Waals surface area (Å²) in [5, 5.41) is 24.7. The lowest BCUT2D eigenvalue weighted by Gasteiger charge is -2.39. The van der Waals surface area contributed by atoms with E-state index < -0.39 is 59.2 Å². The van der Waals surface area contributed by atoms with E-state index in [4.69, 9.17) is 9.47 Å². The van der Waals surface area contributed by atoms with E-state index in [-0.39, 0.29) is 31.4 Å². The predicted molar refractivity (Wildman–Crippen MR) is 195 cm³/mol. The fourth-order valence-electron chi connectivity index (χ4n) is 7.09. The van der Waals surface area contributed by atoms with Crippen molar-refractivity contribution < 1.29 is 37.4 Å². The van der Waals surface area contributed by atoms with Crippen molar-refractivity contribution in [1.29, 1.82) is 5.26 Å². The second-order valence-electron chi connectivity index (χ2n) is 13.9. The maximum absolute atomic E-state index is 15.8. The van der Waals surface area contributed by atoms with E-state index in [1.807, 2.05) is 0 Å². The molecular formula is C40H39F2N7O6. The number of rotatable bonds is 12. The van der Waals surface area contributed by atoms with Gasteiger partial charge < -0.3 is 19.7 Å². The molecular weight excluding hydrogens is 712 g/mol. The Morgan fingerprint density at radius 1 is 1.07 bits per heavy atom. The van der Waals surface area contributed by atoms with Crippen LogP contribution in [0.2, 0.25) is 0 Å². The third kappa shape index (κ3) is 7.94. The molecule has 6 rings (SSSR count). The molecule has 5 aromatic rings. The van der Waals surface area contributed by atoms with Crippen molar-refractivity contribution in [1.82, 2.24) is 30.2 Å². The highest BCUT2D eigenvalue weighted by molar-refractivity contribution is 6.02. The largest absolute Gasteiger partial charge is 0.425 e. The van der Waals surface area contributed by atoms with Crippen LogP contribution in [0.1, 0.15) is 72.6 Å². The Labute approximate surface area is 315 Å². The summed E-state index contributed by atoms with van der Waals surface area (Å²) in [5.74, 6) is -5.42. The summed E-state index contributed by atoms with van der Waals surface area (Å²) in [7, 11) is 1.70. The van der Waals surface area contributed by atoms with Gasteiger partial charge in [-0.25, -0.2) is 8.78 Å². The van der Waals surface area contributed by atoms with Crippen LogP contribution < -0.4 is 5.32 Å². The van der Waals surface area contributed by atoms with Crippen LogP contribution in [0, 0.1) is 23.0 Å². The number of carbonyl (C=O) groups is 4. The molecule has 0 spiro atoms. The predicted octanol–water partition coefficient (Wildman–Crippen LogP) is 5.24. The number of hydrogen-bond acceptors (Lipinski definition) is 9. The zero-order chi connectivity index (χ0) is 39.6. The molecule has 0 saturated heterocycles. The number of esters is 2. The quantitative estimate of drug-likeness (QED) is 0.128. The number of hydrogen-bond donors (Lipinski definition) is 2. The van der Waals surface area contributed by atoms with Crippen LogP contribution in [0.3, 0.4) is 0 Å². The Morgan fingerprint density at radius 3 is 2.49 bits per heavy atom. The van der Waals surface area contributed by atoms with Gasteiger partial charge in [-0.2, -0.15) is 15.5 Å². The lowest BCUT2D eigenvalue weighted by Crippen LogP contribution is -2.59. The molecule has 0 saturated carbocycles.